The largest absolute Gasteiger partial charge is 0.293 e. The van der Waals surface area contributed by atoms with Crippen molar-refractivity contribution in [3.05, 3.63) is 28.4 Å². The number of nitrogens with zero attached hydrogens (tertiary/aromatic N) is 3. The molecule has 0 unspecified atom stereocenters. The first-order valence-electron chi connectivity index (χ1n) is 7.42. The summed E-state index contributed by atoms with van der Waals surface area (Å²) in [6.07, 6.45) is 6.33. The molecule has 5 nitrogen and oxygen atoms in total. The summed E-state index contributed by atoms with van der Waals surface area (Å²) in [5.74, 6) is 1.12. The molecular formula is C15H20N4OS. The van der Waals surface area contributed by atoms with Gasteiger partial charge in [-0.05, 0) is 37.4 Å². The first-order chi connectivity index (χ1) is 10.1. The van der Waals surface area contributed by atoms with Crippen LogP contribution < -0.4 is 4.90 Å². The van der Waals surface area contributed by atoms with Crippen LogP contribution in [0.4, 0.5) is 5.82 Å². The zero-order valence-corrected chi connectivity index (χ0v) is 13.2. The number of aromatic nitrogens is 3. The van der Waals surface area contributed by atoms with E-state index >= 15 is 0 Å². The Morgan fingerprint density at radius 2 is 2.10 bits per heavy atom. The van der Waals surface area contributed by atoms with Crippen LogP contribution in [0.25, 0.3) is 0 Å². The number of rotatable bonds is 3. The molecule has 0 aromatic carbocycles. The minimum atomic E-state index is -0.110. The molecule has 0 aliphatic heterocycles. The number of aromatic amines is 1. The lowest BCUT2D eigenvalue weighted by Crippen LogP contribution is -2.26. The summed E-state index contributed by atoms with van der Waals surface area (Å²) in [5.41, 5.74) is 1.64. The highest BCUT2D eigenvalue weighted by molar-refractivity contribution is 7.05. The monoisotopic (exact) mass is 304 g/mol. The standard InChI is InChI=1S/C15H20N4OS/c1-10-8-13(18-21-10)15(20)19(2)14-9-12(16-17-14)11-6-4-3-5-7-11/h8-9,11H,3-7H2,1-2H3,(H,16,17). The second-order valence-electron chi connectivity index (χ2n) is 5.70. The number of carbonyl (C=O) groups excluding carboxylic acids is 1. The van der Waals surface area contributed by atoms with Crippen LogP contribution in [0, 0.1) is 6.92 Å². The Bertz CT molecular complexity index is 627. The molecule has 0 atom stereocenters. The molecule has 1 amide bonds. The van der Waals surface area contributed by atoms with Crippen molar-refractivity contribution >= 4 is 23.3 Å². The zero-order valence-electron chi connectivity index (χ0n) is 12.4. The molecular weight excluding hydrogens is 284 g/mol. The SMILES string of the molecule is Cc1cc(C(=O)N(C)c2cc(C3CCCCC3)[nH]n2)ns1. The molecule has 0 saturated heterocycles. The van der Waals surface area contributed by atoms with Gasteiger partial charge in [0.2, 0.25) is 0 Å². The molecule has 1 N–H and O–H groups in total. The van der Waals surface area contributed by atoms with Crippen molar-refractivity contribution in [1.82, 2.24) is 14.6 Å². The van der Waals surface area contributed by atoms with Crippen LogP contribution in [0.5, 0.6) is 0 Å². The second kappa shape index (κ2) is 5.97. The summed E-state index contributed by atoms with van der Waals surface area (Å²) < 4.78 is 4.17. The molecule has 6 heteroatoms. The minimum Gasteiger partial charge on any atom is -0.293 e. The number of nitrogens with one attached hydrogen (secondary N) is 1. The van der Waals surface area contributed by atoms with Gasteiger partial charge >= 0.3 is 0 Å². The van der Waals surface area contributed by atoms with Crippen molar-refractivity contribution < 1.29 is 4.79 Å². The average Bonchev–Trinajstić information content (AvgIpc) is 3.16. The Balaban J connectivity index is 1.74. The summed E-state index contributed by atoms with van der Waals surface area (Å²) >= 11 is 1.35. The second-order valence-corrected chi connectivity index (χ2v) is 6.71. The molecule has 1 aliphatic carbocycles. The van der Waals surface area contributed by atoms with Gasteiger partial charge in [-0.1, -0.05) is 19.3 Å². The lowest BCUT2D eigenvalue weighted by molar-refractivity contribution is 0.0988. The van der Waals surface area contributed by atoms with E-state index in [1.807, 2.05) is 19.1 Å². The summed E-state index contributed by atoms with van der Waals surface area (Å²) in [4.78, 5) is 15.0. The Hall–Kier alpha value is -1.69. The van der Waals surface area contributed by atoms with Crippen LogP contribution in [0.3, 0.4) is 0 Å². The van der Waals surface area contributed by atoms with Crippen molar-refractivity contribution in [3.8, 4) is 0 Å². The predicted octanol–water partition coefficient (Wildman–Crippen LogP) is 3.50. The number of H-pyrrole nitrogens is 1. The Kier molecular flexibility index (Phi) is 4.05. The highest BCUT2D eigenvalue weighted by atomic mass is 32.1. The maximum Gasteiger partial charge on any atom is 0.278 e. The summed E-state index contributed by atoms with van der Waals surface area (Å²) in [7, 11) is 1.75. The maximum absolute atomic E-state index is 12.4. The summed E-state index contributed by atoms with van der Waals surface area (Å²) in [6, 6.07) is 3.82. The van der Waals surface area contributed by atoms with Gasteiger partial charge in [0, 0.05) is 29.6 Å². The van der Waals surface area contributed by atoms with Crippen LogP contribution in [-0.4, -0.2) is 27.5 Å². The van der Waals surface area contributed by atoms with E-state index in [1.165, 1.54) is 43.6 Å². The van der Waals surface area contributed by atoms with Gasteiger partial charge in [0.15, 0.2) is 5.82 Å². The Labute approximate surface area is 128 Å². The van der Waals surface area contributed by atoms with Gasteiger partial charge in [0.05, 0.1) is 0 Å². The van der Waals surface area contributed by atoms with E-state index in [0.717, 1.165) is 10.6 Å². The fourth-order valence-electron chi connectivity index (χ4n) is 2.86. The lowest BCUT2D eigenvalue weighted by atomic mass is 9.87. The number of aryl methyl sites for hydroxylation is 1. The van der Waals surface area contributed by atoms with E-state index < -0.39 is 0 Å². The highest BCUT2D eigenvalue weighted by Gasteiger charge is 2.22. The van der Waals surface area contributed by atoms with Crippen molar-refractivity contribution in [3.63, 3.8) is 0 Å². The fraction of sp³-hybridized carbons (Fsp3) is 0.533. The number of hydrogen-bond acceptors (Lipinski definition) is 4. The molecule has 0 radical (unpaired) electrons. The van der Waals surface area contributed by atoms with Crippen LogP contribution >= 0.6 is 11.5 Å². The molecule has 112 valence electrons. The average molecular weight is 304 g/mol. The predicted molar refractivity (Wildman–Crippen MR) is 84.0 cm³/mol. The minimum absolute atomic E-state index is 0.110. The van der Waals surface area contributed by atoms with Gasteiger partial charge in [-0.25, -0.2) is 0 Å². The van der Waals surface area contributed by atoms with Crippen LogP contribution in [0.15, 0.2) is 12.1 Å². The van der Waals surface area contributed by atoms with Gasteiger partial charge in [-0.15, -0.1) is 0 Å². The molecule has 3 rings (SSSR count). The molecule has 2 aromatic heterocycles. The molecule has 21 heavy (non-hydrogen) atoms. The van der Waals surface area contributed by atoms with E-state index in [2.05, 4.69) is 14.6 Å². The van der Waals surface area contributed by atoms with E-state index in [1.54, 1.807) is 11.9 Å². The fourth-order valence-corrected chi connectivity index (χ4v) is 3.40. The van der Waals surface area contributed by atoms with E-state index in [0.29, 0.717) is 17.4 Å². The Morgan fingerprint density at radius 3 is 2.76 bits per heavy atom. The van der Waals surface area contributed by atoms with Crippen LogP contribution in [-0.2, 0) is 0 Å². The smallest absolute Gasteiger partial charge is 0.278 e. The van der Waals surface area contributed by atoms with Gasteiger partial charge in [-0.3, -0.25) is 14.8 Å². The van der Waals surface area contributed by atoms with Crippen molar-refractivity contribution in [2.75, 3.05) is 11.9 Å². The molecule has 1 fully saturated rings. The van der Waals surface area contributed by atoms with E-state index in [-0.39, 0.29) is 5.91 Å². The van der Waals surface area contributed by atoms with Crippen molar-refractivity contribution in [2.45, 2.75) is 44.9 Å². The molecule has 0 bridgehead atoms. The third-order valence-corrected chi connectivity index (χ3v) is 4.82. The Morgan fingerprint density at radius 1 is 1.33 bits per heavy atom. The van der Waals surface area contributed by atoms with Gasteiger partial charge in [-0.2, -0.15) is 9.47 Å². The maximum atomic E-state index is 12.4. The van der Waals surface area contributed by atoms with Gasteiger partial charge in [0.25, 0.3) is 5.91 Å². The van der Waals surface area contributed by atoms with Crippen molar-refractivity contribution in [1.29, 1.82) is 0 Å². The first-order valence-corrected chi connectivity index (χ1v) is 8.19. The molecule has 2 heterocycles. The normalized spacial score (nSPS) is 16.1. The summed E-state index contributed by atoms with van der Waals surface area (Å²) in [6.45, 7) is 1.95. The van der Waals surface area contributed by atoms with E-state index in [4.69, 9.17) is 0 Å². The zero-order chi connectivity index (χ0) is 14.8. The number of hydrogen-bond donors (Lipinski definition) is 1. The lowest BCUT2D eigenvalue weighted by Gasteiger charge is -2.19. The summed E-state index contributed by atoms with van der Waals surface area (Å²) in [5, 5.41) is 7.41. The van der Waals surface area contributed by atoms with Crippen LogP contribution in [0.2, 0.25) is 0 Å². The first kappa shape index (κ1) is 14.3. The third kappa shape index (κ3) is 3.00. The number of carbonyl (C=O) groups is 1. The van der Waals surface area contributed by atoms with Crippen molar-refractivity contribution in [2.24, 2.45) is 0 Å². The molecule has 1 aliphatic rings. The topological polar surface area (TPSA) is 61.9 Å². The highest BCUT2D eigenvalue weighted by Crippen LogP contribution is 2.32. The van der Waals surface area contributed by atoms with Gasteiger partial charge in [0.1, 0.15) is 5.69 Å². The van der Waals surface area contributed by atoms with Crippen LogP contribution in [0.1, 0.15) is 59.1 Å². The number of anilines is 1. The quantitative estimate of drug-likeness (QED) is 0.944. The molecule has 0 spiro atoms. The van der Waals surface area contributed by atoms with Gasteiger partial charge < -0.3 is 0 Å². The number of amides is 1. The van der Waals surface area contributed by atoms with E-state index in [9.17, 15) is 4.79 Å². The molecule has 1 saturated carbocycles. The molecule has 2 aromatic rings. The third-order valence-electron chi connectivity index (χ3n) is 4.12.